The van der Waals surface area contributed by atoms with Crippen molar-refractivity contribution < 1.29 is 14.6 Å². The lowest BCUT2D eigenvalue weighted by molar-refractivity contribution is -0.143. The molecule has 0 rings (SSSR count). The second-order valence-corrected chi connectivity index (χ2v) is 5.39. The molecule has 0 aromatic carbocycles. The standard InChI is InChI=1S/C12H25NO3S/c1-5-6-7-10(11(14)16-3)13-8-12(2,15)9-17-4/h10,13,15H,5-9H2,1-4H3. The van der Waals surface area contributed by atoms with E-state index >= 15 is 0 Å². The van der Waals surface area contributed by atoms with Gasteiger partial charge in [-0.1, -0.05) is 19.8 Å². The Labute approximate surface area is 108 Å². The monoisotopic (exact) mass is 263 g/mol. The highest BCUT2D eigenvalue weighted by Gasteiger charge is 2.24. The van der Waals surface area contributed by atoms with Gasteiger partial charge in [-0.2, -0.15) is 11.8 Å². The molecule has 0 saturated heterocycles. The van der Waals surface area contributed by atoms with Crippen LogP contribution in [0.3, 0.4) is 0 Å². The number of thioether (sulfide) groups is 1. The number of methoxy groups -OCH3 is 1. The predicted molar refractivity (Wildman–Crippen MR) is 72.3 cm³/mol. The zero-order valence-electron chi connectivity index (χ0n) is 11.3. The molecule has 0 heterocycles. The van der Waals surface area contributed by atoms with Crippen LogP contribution in [0.1, 0.15) is 33.1 Å². The minimum absolute atomic E-state index is 0.251. The highest BCUT2D eigenvalue weighted by molar-refractivity contribution is 7.98. The predicted octanol–water partition coefficient (Wildman–Crippen LogP) is 1.42. The SMILES string of the molecule is CCCCC(NCC(C)(O)CSC)C(=O)OC. The van der Waals surface area contributed by atoms with Gasteiger partial charge in [-0.15, -0.1) is 0 Å². The van der Waals surface area contributed by atoms with Crippen LogP contribution < -0.4 is 5.32 Å². The van der Waals surface area contributed by atoms with Crippen LogP contribution in [0.15, 0.2) is 0 Å². The molecule has 2 atom stereocenters. The fraction of sp³-hybridized carbons (Fsp3) is 0.917. The van der Waals surface area contributed by atoms with Crippen LogP contribution >= 0.6 is 11.8 Å². The van der Waals surface area contributed by atoms with E-state index in [2.05, 4.69) is 12.2 Å². The van der Waals surface area contributed by atoms with Gasteiger partial charge in [-0.3, -0.25) is 4.79 Å². The molecule has 0 aromatic heterocycles. The summed E-state index contributed by atoms with van der Waals surface area (Å²) in [5.74, 6) is 0.389. The smallest absolute Gasteiger partial charge is 0.322 e. The number of aliphatic hydroxyl groups is 1. The van der Waals surface area contributed by atoms with E-state index in [1.807, 2.05) is 6.26 Å². The van der Waals surface area contributed by atoms with E-state index in [0.717, 1.165) is 19.3 Å². The molecular weight excluding hydrogens is 238 g/mol. The topological polar surface area (TPSA) is 58.6 Å². The minimum Gasteiger partial charge on any atom is -0.468 e. The number of ether oxygens (including phenoxy) is 1. The van der Waals surface area contributed by atoms with Gasteiger partial charge in [-0.05, 0) is 19.6 Å². The average molecular weight is 263 g/mol. The van der Waals surface area contributed by atoms with E-state index < -0.39 is 5.60 Å². The molecule has 0 radical (unpaired) electrons. The van der Waals surface area contributed by atoms with Crippen molar-refractivity contribution in [2.45, 2.75) is 44.8 Å². The Hall–Kier alpha value is -0.260. The normalized spacial score (nSPS) is 16.3. The lowest BCUT2D eigenvalue weighted by Gasteiger charge is -2.25. The Bertz CT molecular complexity index is 222. The maximum absolute atomic E-state index is 11.5. The van der Waals surface area contributed by atoms with Gasteiger partial charge in [0.15, 0.2) is 0 Å². The third-order valence-electron chi connectivity index (χ3n) is 2.52. The van der Waals surface area contributed by atoms with Gasteiger partial charge in [0.05, 0.1) is 12.7 Å². The summed E-state index contributed by atoms with van der Waals surface area (Å²) >= 11 is 1.59. The Morgan fingerprint density at radius 1 is 1.59 bits per heavy atom. The summed E-state index contributed by atoms with van der Waals surface area (Å²) in [4.78, 5) is 11.5. The fourth-order valence-electron chi connectivity index (χ4n) is 1.56. The number of unbranched alkanes of at least 4 members (excludes halogenated alkanes) is 1. The molecule has 102 valence electrons. The van der Waals surface area contributed by atoms with E-state index in [9.17, 15) is 9.90 Å². The average Bonchev–Trinajstić information content (AvgIpc) is 2.28. The van der Waals surface area contributed by atoms with Gasteiger partial charge < -0.3 is 15.2 Å². The Balaban J connectivity index is 4.19. The second kappa shape index (κ2) is 8.78. The van der Waals surface area contributed by atoms with Gasteiger partial charge in [0.25, 0.3) is 0 Å². The molecule has 0 spiro atoms. The fourth-order valence-corrected chi connectivity index (χ4v) is 2.28. The van der Waals surface area contributed by atoms with Gasteiger partial charge in [-0.25, -0.2) is 0 Å². The molecule has 0 aromatic rings. The number of hydrogen-bond donors (Lipinski definition) is 2. The van der Waals surface area contributed by atoms with E-state index in [1.54, 1.807) is 18.7 Å². The van der Waals surface area contributed by atoms with Crippen molar-refractivity contribution in [3.8, 4) is 0 Å². The van der Waals surface area contributed by atoms with Crippen LogP contribution in [0, 0.1) is 0 Å². The molecule has 2 unspecified atom stereocenters. The largest absolute Gasteiger partial charge is 0.468 e. The van der Waals surface area contributed by atoms with Gasteiger partial charge in [0, 0.05) is 12.3 Å². The molecule has 5 heteroatoms. The number of hydrogen-bond acceptors (Lipinski definition) is 5. The van der Waals surface area contributed by atoms with Gasteiger partial charge >= 0.3 is 5.97 Å². The van der Waals surface area contributed by atoms with E-state index in [0.29, 0.717) is 12.3 Å². The summed E-state index contributed by atoms with van der Waals surface area (Å²) in [6.07, 6.45) is 4.70. The molecule has 17 heavy (non-hydrogen) atoms. The van der Waals surface area contributed by atoms with Crippen LogP contribution in [0.5, 0.6) is 0 Å². The van der Waals surface area contributed by atoms with Crippen LogP contribution in [-0.2, 0) is 9.53 Å². The van der Waals surface area contributed by atoms with E-state index in [-0.39, 0.29) is 12.0 Å². The van der Waals surface area contributed by atoms with Crippen LogP contribution in [-0.4, -0.2) is 48.4 Å². The number of carbonyl (C=O) groups excluding carboxylic acids is 1. The molecule has 0 fully saturated rings. The van der Waals surface area contributed by atoms with Crippen molar-refractivity contribution in [3.05, 3.63) is 0 Å². The second-order valence-electron chi connectivity index (χ2n) is 4.53. The van der Waals surface area contributed by atoms with Crippen LogP contribution in [0.2, 0.25) is 0 Å². The number of carbonyl (C=O) groups is 1. The highest BCUT2D eigenvalue weighted by atomic mass is 32.2. The molecule has 0 bridgehead atoms. The third kappa shape index (κ3) is 7.63. The van der Waals surface area contributed by atoms with Crippen molar-refractivity contribution in [2.75, 3.05) is 25.7 Å². The minimum atomic E-state index is -0.794. The molecule has 2 N–H and O–H groups in total. The Morgan fingerprint density at radius 2 is 2.24 bits per heavy atom. The van der Waals surface area contributed by atoms with Gasteiger partial charge in [0.1, 0.15) is 6.04 Å². The molecular formula is C12H25NO3S. The third-order valence-corrected chi connectivity index (χ3v) is 3.43. The number of rotatable bonds is 9. The molecule has 4 nitrogen and oxygen atoms in total. The summed E-state index contributed by atoms with van der Waals surface area (Å²) in [5.41, 5.74) is -0.794. The summed E-state index contributed by atoms with van der Waals surface area (Å²) in [7, 11) is 1.39. The van der Waals surface area contributed by atoms with Crippen molar-refractivity contribution in [1.29, 1.82) is 0 Å². The first-order chi connectivity index (χ1) is 7.96. The quantitative estimate of drug-likeness (QED) is 0.616. The summed E-state index contributed by atoms with van der Waals surface area (Å²) in [6.45, 7) is 4.25. The molecule has 0 amide bonds. The lowest BCUT2D eigenvalue weighted by atomic mass is 10.1. The maximum atomic E-state index is 11.5. The van der Waals surface area contributed by atoms with Crippen molar-refractivity contribution in [2.24, 2.45) is 0 Å². The lowest BCUT2D eigenvalue weighted by Crippen LogP contribution is -2.47. The summed E-state index contributed by atoms with van der Waals surface area (Å²) in [5, 5.41) is 13.1. The van der Waals surface area contributed by atoms with Gasteiger partial charge in [0.2, 0.25) is 0 Å². The maximum Gasteiger partial charge on any atom is 0.322 e. The number of nitrogens with one attached hydrogen (secondary N) is 1. The van der Waals surface area contributed by atoms with Crippen molar-refractivity contribution >= 4 is 17.7 Å². The molecule has 0 aliphatic heterocycles. The van der Waals surface area contributed by atoms with E-state index in [4.69, 9.17) is 4.74 Å². The highest BCUT2D eigenvalue weighted by Crippen LogP contribution is 2.10. The van der Waals surface area contributed by atoms with Crippen molar-refractivity contribution in [1.82, 2.24) is 5.32 Å². The summed E-state index contributed by atoms with van der Waals surface area (Å²) in [6, 6.07) is -0.312. The van der Waals surface area contributed by atoms with Crippen molar-refractivity contribution in [3.63, 3.8) is 0 Å². The molecule has 0 saturated carbocycles. The number of esters is 1. The first kappa shape index (κ1) is 16.7. The van der Waals surface area contributed by atoms with Crippen LogP contribution in [0.4, 0.5) is 0 Å². The summed E-state index contributed by atoms with van der Waals surface area (Å²) < 4.78 is 4.75. The zero-order valence-corrected chi connectivity index (χ0v) is 12.1. The Morgan fingerprint density at radius 3 is 2.71 bits per heavy atom. The van der Waals surface area contributed by atoms with Crippen LogP contribution in [0.25, 0.3) is 0 Å². The molecule has 0 aliphatic carbocycles. The zero-order chi connectivity index (χ0) is 13.3. The first-order valence-electron chi connectivity index (χ1n) is 5.99. The Kier molecular flexibility index (Phi) is 8.64. The van der Waals surface area contributed by atoms with E-state index in [1.165, 1.54) is 7.11 Å². The molecule has 0 aliphatic rings. The first-order valence-corrected chi connectivity index (χ1v) is 7.38.